The van der Waals surface area contributed by atoms with Gasteiger partial charge in [-0.25, -0.2) is 0 Å². The number of hydrogen-bond donors (Lipinski definition) is 1. The van der Waals surface area contributed by atoms with Crippen LogP contribution < -0.4 is 4.74 Å². The maximum absolute atomic E-state index is 10.4. The number of hydrogen-bond acceptors (Lipinski definition) is 2. The van der Waals surface area contributed by atoms with Gasteiger partial charge in [-0.05, 0) is 11.5 Å². The zero-order chi connectivity index (χ0) is 12.3. The summed E-state index contributed by atoms with van der Waals surface area (Å²) in [6.45, 7) is 0.118. The van der Waals surface area contributed by atoms with E-state index in [1.165, 1.54) is 0 Å². The van der Waals surface area contributed by atoms with E-state index in [-0.39, 0.29) is 13.0 Å². The highest BCUT2D eigenvalue weighted by Gasteiger charge is 2.06. The summed E-state index contributed by atoms with van der Waals surface area (Å²) in [6, 6.07) is 11.4. The average Bonchev–Trinajstić information content (AvgIpc) is 2.32. The van der Waals surface area contributed by atoms with Crippen LogP contribution in [0.2, 0.25) is 5.02 Å². The lowest BCUT2D eigenvalue weighted by molar-refractivity contribution is -0.137. The second kappa shape index (κ2) is 5.06. The van der Waals surface area contributed by atoms with Crippen LogP contribution in [0.25, 0.3) is 10.8 Å². The van der Waals surface area contributed by atoms with Gasteiger partial charge in [-0.2, -0.15) is 0 Å². The number of rotatable bonds is 4. The minimum absolute atomic E-state index is 0.0385. The largest absolute Gasteiger partial charge is 0.491 e. The summed E-state index contributed by atoms with van der Waals surface area (Å²) in [5, 5.41) is 11.0. The van der Waals surface area contributed by atoms with Crippen molar-refractivity contribution in [3.63, 3.8) is 0 Å². The first-order valence-corrected chi connectivity index (χ1v) is 5.58. The Morgan fingerprint density at radius 1 is 1.24 bits per heavy atom. The minimum Gasteiger partial charge on any atom is -0.491 e. The summed E-state index contributed by atoms with van der Waals surface area (Å²) in [7, 11) is 0. The fourth-order valence-corrected chi connectivity index (χ4v) is 1.86. The second-order valence-corrected chi connectivity index (χ2v) is 3.97. The molecule has 0 saturated carbocycles. The van der Waals surface area contributed by atoms with E-state index in [1.54, 1.807) is 6.07 Å². The van der Waals surface area contributed by atoms with Gasteiger partial charge in [0.1, 0.15) is 5.75 Å². The maximum atomic E-state index is 10.4. The van der Waals surface area contributed by atoms with E-state index in [1.807, 2.05) is 30.3 Å². The van der Waals surface area contributed by atoms with Gasteiger partial charge in [0.25, 0.3) is 0 Å². The van der Waals surface area contributed by atoms with Crippen LogP contribution in [0.5, 0.6) is 5.75 Å². The molecule has 0 aliphatic heterocycles. The van der Waals surface area contributed by atoms with Crippen LogP contribution in [0.4, 0.5) is 0 Å². The first kappa shape index (κ1) is 11.7. The average molecular weight is 251 g/mol. The van der Waals surface area contributed by atoms with E-state index in [0.29, 0.717) is 10.8 Å². The molecule has 0 aromatic heterocycles. The summed E-state index contributed by atoms with van der Waals surface area (Å²) in [5.41, 5.74) is 0. The molecule has 3 nitrogen and oxygen atoms in total. The fraction of sp³-hybridized carbons (Fsp3) is 0.154. The maximum Gasteiger partial charge on any atom is 0.306 e. The van der Waals surface area contributed by atoms with Crippen molar-refractivity contribution in [2.75, 3.05) is 6.61 Å². The molecule has 2 aromatic carbocycles. The number of aliphatic carboxylic acids is 1. The number of benzene rings is 2. The monoisotopic (exact) mass is 250 g/mol. The van der Waals surface area contributed by atoms with E-state index in [2.05, 4.69) is 0 Å². The van der Waals surface area contributed by atoms with Gasteiger partial charge >= 0.3 is 5.97 Å². The van der Waals surface area contributed by atoms with Gasteiger partial charge in [0.05, 0.1) is 18.1 Å². The molecule has 17 heavy (non-hydrogen) atoms. The molecule has 0 heterocycles. The van der Waals surface area contributed by atoms with Crippen LogP contribution in [0.3, 0.4) is 0 Å². The van der Waals surface area contributed by atoms with Gasteiger partial charge in [-0.1, -0.05) is 41.9 Å². The van der Waals surface area contributed by atoms with E-state index in [0.717, 1.165) is 10.8 Å². The summed E-state index contributed by atoms with van der Waals surface area (Å²) in [4.78, 5) is 10.4. The fourth-order valence-electron chi connectivity index (χ4n) is 1.57. The Labute approximate surface area is 104 Å². The number of carboxylic acid groups (broad SMARTS) is 1. The van der Waals surface area contributed by atoms with Crippen molar-refractivity contribution < 1.29 is 14.6 Å². The van der Waals surface area contributed by atoms with Gasteiger partial charge in [0.15, 0.2) is 0 Å². The zero-order valence-electron chi connectivity index (χ0n) is 9.02. The van der Waals surface area contributed by atoms with Crippen LogP contribution in [0.1, 0.15) is 6.42 Å². The standard InChI is InChI=1S/C13H11ClO3/c14-13-10-4-2-1-3-9(10)5-6-11(13)17-8-7-12(15)16/h1-6H,7-8H2,(H,15,16). The molecule has 0 aliphatic carbocycles. The molecule has 0 saturated heterocycles. The Hall–Kier alpha value is -1.74. The number of carbonyl (C=O) groups is 1. The Morgan fingerprint density at radius 2 is 2.00 bits per heavy atom. The molecule has 0 spiro atoms. The third-order valence-corrected chi connectivity index (χ3v) is 2.79. The molecule has 1 N–H and O–H groups in total. The third kappa shape index (κ3) is 2.68. The van der Waals surface area contributed by atoms with Gasteiger partial charge < -0.3 is 9.84 Å². The molecule has 0 aliphatic rings. The molecule has 0 amide bonds. The quantitative estimate of drug-likeness (QED) is 0.905. The van der Waals surface area contributed by atoms with Crippen molar-refractivity contribution in [2.45, 2.75) is 6.42 Å². The van der Waals surface area contributed by atoms with Crippen molar-refractivity contribution >= 4 is 28.3 Å². The number of carboxylic acids is 1. The lowest BCUT2D eigenvalue weighted by Gasteiger charge is -2.08. The molecular formula is C13H11ClO3. The lowest BCUT2D eigenvalue weighted by atomic mass is 10.1. The molecule has 4 heteroatoms. The summed E-state index contributed by atoms with van der Waals surface area (Å²) < 4.78 is 5.34. The minimum atomic E-state index is -0.887. The number of halogens is 1. The first-order chi connectivity index (χ1) is 8.18. The number of ether oxygens (including phenoxy) is 1. The summed E-state index contributed by atoms with van der Waals surface area (Å²) >= 11 is 6.18. The Balaban J connectivity index is 2.23. The highest BCUT2D eigenvalue weighted by molar-refractivity contribution is 6.37. The van der Waals surface area contributed by atoms with E-state index in [9.17, 15) is 4.79 Å². The highest BCUT2D eigenvalue weighted by Crippen LogP contribution is 2.32. The highest BCUT2D eigenvalue weighted by atomic mass is 35.5. The van der Waals surface area contributed by atoms with Crippen molar-refractivity contribution in [1.29, 1.82) is 0 Å². The van der Waals surface area contributed by atoms with Crippen molar-refractivity contribution in [2.24, 2.45) is 0 Å². The van der Waals surface area contributed by atoms with E-state index in [4.69, 9.17) is 21.4 Å². The zero-order valence-corrected chi connectivity index (χ0v) is 9.78. The molecule has 2 rings (SSSR count). The van der Waals surface area contributed by atoms with Crippen molar-refractivity contribution in [3.05, 3.63) is 41.4 Å². The normalized spacial score (nSPS) is 10.4. The predicted molar refractivity (Wildman–Crippen MR) is 66.7 cm³/mol. The van der Waals surface area contributed by atoms with Gasteiger partial charge in [-0.15, -0.1) is 0 Å². The van der Waals surface area contributed by atoms with E-state index >= 15 is 0 Å². The molecule has 0 unspecified atom stereocenters. The molecular weight excluding hydrogens is 240 g/mol. The van der Waals surface area contributed by atoms with Crippen LogP contribution in [-0.2, 0) is 4.79 Å². The second-order valence-electron chi connectivity index (χ2n) is 3.59. The predicted octanol–water partition coefficient (Wildman–Crippen LogP) is 3.35. The van der Waals surface area contributed by atoms with Crippen LogP contribution >= 0.6 is 11.6 Å². The molecule has 0 bridgehead atoms. The van der Waals surface area contributed by atoms with Crippen LogP contribution in [0, 0.1) is 0 Å². The molecule has 0 radical (unpaired) electrons. The first-order valence-electron chi connectivity index (χ1n) is 5.20. The summed E-state index contributed by atoms with van der Waals surface area (Å²) in [6.07, 6.45) is -0.0385. The molecule has 0 atom stereocenters. The Kier molecular flexibility index (Phi) is 3.49. The summed E-state index contributed by atoms with van der Waals surface area (Å²) in [5.74, 6) is -0.367. The van der Waals surface area contributed by atoms with Crippen molar-refractivity contribution in [1.82, 2.24) is 0 Å². The third-order valence-electron chi connectivity index (χ3n) is 2.40. The number of fused-ring (bicyclic) bond motifs is 1. The lowest BCUT2D eigenvalue weighted by Crippen LogP contribution is -2.05. The smallest absolute Gasteiger partial charge is 0.306 e. The van der Waals surface area contributed by atoms with E-state index < -0.39 is 5.97 Å². The molecule has 88 valence electrons. The van der Waals surface area contributed by atoms with Gasteiger partial charge in [-0.3, -0.25) is 4.79 Å². The Bertz CT molecular complexity index is 551. The van der Waals surface area contributed by atoms with Crippen molar-refractivity contribution in [3.8, 4) is 5.75 Å². The Morgan fingerprint density at radius 3 is 2.76 bits per heavy atom. The molecule has 2 aromatic rings. The van der Waals surface area contributed by atoms with Crippen LogP contribution in [-0.4, -0.2) is 17.7 Å². The molecule has 0 fully saturated rings. The SMILES string of the molecule is O=C(O)CCOc1ccc2ccccc2c1Cl. The van der Waals surface area contributed by atoms with Gasteiger partial charge in [0, 0.05) is 5.39 Å². The topological polar surface area (TPSA) is 46.5 Å². The van der Waals surface area contributed by atoms with Crippen LogP contribution in [0.15, 0.2) is 36.4 Å². The van der Waals surface area contributed by atoms with Gasteiger partial charge in [0.2, 0.25) is 0 Å².